The van der Waals surface area contributed by atoms with E-state index in [1.807, 2.05) is 12.4 Å². The summed E-state index contributed by atoms with van der Waals surface area (Å²) < 4.78 is 41.2. The van der Waals surface area contributed by atoms with Crippen LogP contribution in [0.3, 0.4) is 0 Å². The zero-order valence-electron chi connectivity index (χ0n) is 17.5. The lowest BCUT2D eigenvalue weighted by molar-refractivity contribution is -0.140. The number of carbonyl (C=O) groups is 2. The number of guanidine groups is 1. The van der Waals surface area contributed by atoms with Gasteiger partial charge in [0.2, 0.25) is 5.91 Å². The largest absolute Gasteiger partial charge is 0.416 e. The van der Waals surface area contributed by atoms with Gasteiger partial charge < -0.3 is 15.5 Å². The number of amides is 2. The first-order valence-corrected chi connectivity index (χ1v) is 10.4. The molecular formula is C21H28F3N5O2. The Balaban J connectivity index is 1.71. The predicted octanol–water partition coefficient (Wildman–Crippen LogP) is 2.38. The van der Waals surface area contributed by atoms with Crippen LogP contribution in [0.15, 0.2) is 18.2 Å². The fourth-order valence-electron chi connectivity index (χ4n) is 4.42. The standard InChI is InChI=1S/C21H28F3N5O2/c1-28-8-4-14(5-9-28)19(31)29-10-6-13(7-11-29)16-3-2-15(18(30)27-20(25)26)12-17(16)21(22,23)24/h2-3,12-14H,4-11H2,1H3,(H4,25,26,27,30). The molecule has 0 unspecified atom stereocenters. The Hall–Kier alpha value is -2.62. The Morgan fingerprint density at radius 3 is 2.26 bits per heavy atom. The molecule has 4 N–H and O–H groups in total. The number of nitrogens with two attached hydrogens (primary N) is 1. The molecule has 0 aromatic heterocycles. The average Bonchev–Trinajstić information content (AvgIpc) is 2.72. The van der Waals surface area contributed by atoms with E-state index in [2.05, 4.69) is 4.90 Å². The normalized spacial score (nSPS) is 19.3. The molecule has 0 radical (unpaired) electrons. The third kappa shape index (κ3) is 5.55. The van der Waals surface area contributed by atoms with Crippen LogP contribution in [0.5, 0.6) is 0 Å². The van der Waals surface area contributed by atoms with Gasteiger partial charge in [0.25, 0.3) is 5.91 Å². The molecule has 2 fully saturated rings. The van der Waals surface area contributed by atoms with E-state index in [9.17, 15) is 22.8 Å². The SMILES string of the molecule is CN1CCC(C(=O)N2CCC(c3ccc(C(=O)NC(=N)N)cc3C(F)(F)F)CC2)CC1. The number of hydrogen-bond donors (Lipinski definition) is 3. The first-order chi connectivity index (χ1) is 14.6. The smallest absolute Gasteiger partial charge is 0.370 e. The molecule has 170 valence electrons. The minimum atomic E-state index is -4.62. The molecule has 2 aliphatic rings. The minimum absolute atomic E-state index is 0.00226. The summed E-state index contributed by atoms with van der Waals surface area (Å²) >= 11 is 0. The van der Waals surface area contributed by atoms with Crippen molar-refractivity contribution in [3.63, 3.8) is 0 Å². The fraction of sp³-hybridized carbons (Fsp3) is 0.571. The van der Waals surface area contributed by atoms with Gasteiger partial charge in [-0.05, 0) is 69.4 Å². The van der Waals surface area contributed by atoms with E-state index in [0.717, 1.165) is 32.0 Å². The Labute approximate surface area is 179 Å². The lowest BCUT2D eigenvalue weighted by Gasteiger charge is -2.37. The van der Waals surface area contributed by atoms with Crippen molar-refractivity contribution in [3.8, 4) is 0 Å². The van der Waals surface area contributed by atoms with Gasteiger partial charge in [0.05, 0.1) is 5.56 Å². The van der Waals surface area contributed by atoms with Crippen LogP contribution in [0.4, 0.5) is 13.2 Å². The number of piperidine rings is 2. The topological polar surface area (TPSA) is 103 Å². The Morgan fingerprint density at radius 1 is 1.10 bits per heavy atom. The van der Waals surface area contributed by atoms with E-state index < -0.39 is 23.6 Å². The summed E-state index contributed by atoms with van der Waals surface area (Å²) in [5, 5.41) is 9.08. The second-order valence-electron chi connectivity index (χ2n) is 8.34. The van der Waals surface area contributed by atoms with Crippen LogP contribution in [0.2, 0.25) is 0 Å². The van der Waals surface area contributed by atoms with E-state index >= 15 is 0 Å². The van der Waals surface area contributed by atoms with Crippen molar-refractivity contribution in [2.45, 2.75) is 37.8 Å². The molecule has 1 aromatic carbocycles. The van der Waals surface area contributed by atoms with Crippen molar-refractivity contribution in [2.24, 2.45) is 11.7 Å². The van der Waals surface area contributed by atoms with E-state index in [0.29, 0.717) is 25.9 Å². The summed E-state index contributed by atoms with van der Waals surface area (Å²) in [5.74, 6) is -1.73. The number of alkyl halides is 3. The van der Waals surface area contributed by atoms with E-state index in [1.54, 1.807) is 4.90 Å². The average molecular weight is 439 g/mol. The summed E-state index contributed by atoms with van der Waals surface area (Å²) in [7, 11) is 2.03. The third-order valence-corrected chi connectivity index (χ3v) is 6.18. The van der Waals surface area contributed by atoms with Crippen molar-refractivity contribution < 1.29 is 22.8 Å². The Bertz CT molecular complexity index is 842. The predicted molar refractivity (Wildman–Crippen MR) is 110 cm³/mol. The number of hydrogen-bond acceptors (Lipinski definition) is 4. The molecule has 10 heteroatoms. The summed E-state index contributed by atoms with van der Waals surface area (Å²) in [4.78, 5) is 28.7. The van der Waals surface area contributed by atoms with Gasteiger partial charge in [-0.3, -0.25) is 20.3 Å². The van der Waals surface area contributed by atoms with Gasteiger partial charge in [-0.15, -0.1) is 0 Å². The molecule has 2 saturated heterocycles. The van der Waals surface area contributed by atoms with Crippen LogP contribution in [-0.4, -0.2) is 60.8 Å². The zero-order valence-corrected chi connectivity index (χ0v) is 17.5. The number of benzene rings is 1. The second-order valence-corrected chi connectivity index (χ2v) is 8.34. The van der Waals surface area contributed by atoms with Crippen molar-refractivity contribution in [3.05, 3.63) is 34.9 Å². The van der Waals surface area contributed by atoms with Gasteiger partial charge >= 0.3 is 6.18 Å². The van der Waals surface area contributed by atoms with Gasteiger partial charge in [-0.1, -0.05) is 6.07 Å². The number of nitrogens with one attached hydrogen (secondary N) is 2. The summed E-state index contributed by atoms with van der Waals surface area (Å²) in [5.41, 5.74) is 4.17. The van der Waals surface area contributed by atoms with Gasteiger partial charge in [-0.25, -0.2) is 0 Å². The Morgan fingerprint density at radius 2 is 1.71 bits per heavy atom. The maximum absolute atomic E-state index is 13.7. The van der Waals surface area contributed by atoms with Crippen LogP contribution in [-0.2, 0) is 11.0 Å². The molecule has 0 saturated carbocycles. The molecule has 2 aliphatic heterocycles. The van der Waals surface area contributed by atoms with Crippen LogP contribution >= 0.6 is 0 Å². The number of likely N-dealkylation sites (tertiary alicyclic amines) is 2. The third-order valence-electron chi connectivity index (χ3n) is 6.18. The summed E-state index contributed by atoms with van der Waals surface area (Å²) in [6.45, 7) is 2.62. The van der Waals surface area contributed by atoms with Crippen LogP contribution in [0.1, 0.15) is 53.1 Å². The van der Waals surface area contributed by atoms with Gasteiger partial charge in [-0.2, -0.15) is 13.2 Å². The van der Waals surface area contributed by atoms with Gasteiger partial charge in [0.15, 0.2) is 5.96 Å². The van der Waals surface area contributed by atoms with E-state index in [4.69, 9.17) is 11.1 Å². The molecule has 3 rings (SSSR count). The number of halogens is 3. The van der Waals surface area contributed by atoms with Crippen molar-refractivity contribution in [1.29, 1.82) is 5.41 Å². The summed E-state index contributed by atoms with van der Waals surface area (Å²) in [6, 6.07) is 3.46. The molecular weight excluding hydrogens is 411 g/mol. The molecule has 0 atom stereocenters. The minimum Gasteiger partial charge on any atom is -0.370 e. The molecule has 2 heterocycles. The highest BCUT2D eigenvalue weighted by atomic mass is 19.4. The molecule has 31 heavy (non-hydrogen) atoms. The highest BCUT2D eigenvalue weighted by molar-refractivity contribution is 6.04. The van der Waals surface area contributed by atoms with E-state index in [-0.39, 0.29) is 28.9 Å². The fourth-order valence-corrected chi connectivity index (χ4v) is 4.42. The first-order valence-electron chi connectivity index (χ1n) is 10.4. The van der Waals surface area contributed by atoms with Crippen LogP contribution in [0.25, 0.3) is 0 Å². The van der Waals surface area contributed by atoms with Gasteiger partial charge in [0.1, 0.15) is 0 Å². The molecule has 2 amide bonds. The van der Waals surface area contributed by atoms with E-state index in [1.165, 1.54) is 12.1 Å². The highest BCUT2D eigenvalue weighted by Crippen LogP contribution is 2.39. The summed E-state index contributed by atoms with van der Waals surface area (Å²) in [6.07, 6.45) is -2.10. The lowest BCUT2D eigenvalue weighted by atomic mass is 9.84. The van der Waals surface area contributed by atoms with Gasteiger partial charge in [0, 0.05) is 24.6 Å². The Kier molecular flexibility index (Phi) is 6.88. The second kappa shape index (κ2) is 9.25. The number of rotatable bonds is 3. The molecule has 1 aromatic rings. The number of carbonyl (C=O) groups excluding carboxylic acids is 2. The molecule has 7 nitrogen and oxygen atoms in total. The van der Waals surface area contributed by atoms with Crippen molar-refractivity contribution >= 4 is 17.8 Å². The quantitative estimate of drug-likeness (QED) is 0.497. The maximum Gasteiger partial charge on any atom is 0.416 e. The van der Waals surface area contributed by atoms with Crippen LogP contribution in [0, 0.1) is 11.3 Å². The zero-order chi connectivity index (χ0) is 22.8. The molecule has 0 spiro atoms. The highest BCUT2D eigenvalue weighted by Gasteiger charge is 2.38. The van der Waals surface area contributed by atoms with Crippen molar-refractivity contribution in [1.82, 2.24) is 15.1 Å². The number of nitrogens with zero attached hydrogens (tertiary/aromatic N) is 2. The molecule has 0 bridgehead atoms. The lowest BCUT2D eigenvalue weighted by Crippen LogP contribution is -2.44. The monoisotopic (exact) mass is 439 g/mol. The first kappa shape index (κ1) is 23.1. The molecule has 0 aliphatic carbocycles. The maximum atomic E-state index is 13.7. The van der Waals surface area contributed by atoms with Crippen molar-refractivity contribution in [2.75, 3.05) is 33.2 Å². The van der Waals surface area contributed by atoms with Crippen LogP contribution < -0.4 is 11.1 Å².